The summed E-state index contributed by atoms with van der Waals surface area (Å²) < 4.78 is 1.73. The molecular weight excluding hydrogens is 364 g/mol. The summed E-state index contributed by atoms with van der Waals surface area (Å²) in [5.74, 6) is -0.0369. The van der Waals surface area contributed by atoms with Gasteiger partial charge in [0.2, 0.25) is 5.91 Å². The van der Waals surface area contributed by atoms with Gasteiger partial charge in [-0.3, -0.25) is 4.79 Å². The molecule has 0 spiro atoms. The van der Waals surface area contributed by atoms with Crippen LogP contribution in [0.25, 0.3) is 22.3 Å². The average Bonchev–Trinajstić information content (AvgIpc) is 2.97. The van der Waals surface area contributed by atoms with Crippen molar-refractivity contribution >= 4 is 16.9 Å². The molecule has 2 heterocycles. The van der Waals surface area contributed by atoms with Crippen LogP contribution in [0.1, 0.15) is 59.1 Å². The highest BCUT2D eigenvalue weighted by Crippen LogP contribution is 2.42. The molecule has 29 heavy (non-hydrogen) atoms. The van der Waals surface area contributed by atoms with E-state index in [-0.39, 0.29) is 23.2 Å². The van der Waals surface area contributed by atoms with Crippen LogP contribution < -0.4 is 5.73 Å². The van der Waals surface area contributed by atoms with Crippen LogP contribution in [0.5, 0.6) is 5.75 Å². The van der Waals surface area contributed by atoms with Gasteiger partial charge in [0, 0.05) is 34.7 Å². The molecule has 0 bridgehead atoms. The Balaban J connectivity index is 2.28. The van der Waals surface area contributed by atoms with Crippen LogP contribution in [0.3, 0.4) is 0 Å². The number of rotatable bonds is 4. The normalized spacial score (nSPS) is 12.5. The number of phenolic OH excluding ortho intramolecular Hbond substituents is 1. The second-order valence-corrected chi connectivity index (χ2v) is 9.58. The summed E-state index contributed by atoms with van der Waals surface area (Å²) in [5, 5.41) is 16.7. The molecule has 154 valence electrons. The summed E-state index contributed by atoms with van der Waals surface area (Å²) in [5.41, 5.74) is 9.04. The summed E-state index contributed by atoms with van der Waals surface area (Å²) in [7, 11) is 0. The van der Waals surface area contributed by atoms with Crippen molar-refractivity contribution in [3.8, 4) is 17.0 Å². The van der Waals surface area contributed by atoms with Crippen LogP contribution >= 0.6 is 0 Å². The number of amides is 1. The number of pyridine rings is 1. The summed E-state index contributed by atoms with van der Waals surface area (Å²) >= 11 is 0. The number of aromatic hydroxyl groups is 1. The maximum absolute atomic E-state index is 11.3. The van der Waals surface area contributed by atoms with Gasteiger partial charge in [-0.25, -0.2) is 9.67 Å². The lowest BCUT2D eigenvalue weighted by Gasteiger charge is -2.28. The molecule has 6 nitrogen and oxygen atoms in total. The van der Waals surface area contributed by atoms with Crippen LogP contribution in [0, 0.1) is 0 Å². The van der Waals surface area contributed by atoms with E-state index in [0.717, 1.165) is 27.8 Å². The lowest BCUT2D eigenvalue weighted by molar-refractivity contribution is -0.118. The number of nitrogens with zero attached hydrogens (tertiary/aromatic N) is 3. The van der Waals surface area contributed by atoms with E-state index in [0.29, 0.717) is 17.9 Å². The van der Waals surface area contributed by atoms with Gasteiger partial charge in [0.05, 0.1) is 6.54 Å². The molecule has 6 heteroatoms. The fourth-order valence-corrected chi connectivity index (χ4v) is 3.51. The zero-order valence-electron chi connectivity index (χ0n) is 18.1. The molecule has 1 amide bonds. The Bertz CT molecular complexity index is 1030. The lowest BCUT2D eigenvalue weighted by atomic mass is 9.78. The number of aromatic nitrogens is 3. The number of benzene rings is 1. The second-order valence-electron chi connectivity index (χ2n) is 9.58. The van der Waals surface area contributed by atoms with Gasteiger partial charge in [-0.1, -0.05) is 41.5 Å². The number of fused-ring (bicyclic) bond motifs is 1. The highest BCUT2D eigenvalue weighted by molar-refractivity contribution is 5.91. The van der Waals surface area contributed by atoms with Crippen LogP contribution in [0.15, 0.2) is 30.5 Å². The van der Waals surface area contributed by atoms with Crippen molar-refractivity contribution in [3.05, 3.63) is 41.6 Å². The van der Waals surface area contributed by atoms with Gasteiger partial charge in [0.1, 0.15) is 11.4 Å². The zero-order valence-corrected chi connectivity index (χ0v) is 18.1. The predicted octanol–water partition coefficient (Wildman–Crippen LogP) is 4.27. The Morgan fingerprint density at radius 3 is 2.21 bits per heavy atom. The number of primary amides is 1. The highest BCUT2D eigenvalue weighted by atomic mass is 16.3. The van der Waals surface area contributed by atoms with E-state index in [9.17, 15) is 9.90 Å². The quantitative estimate of drug-likeness (QED) is 0.691. The molecule has 0 radical (unpaired) electrons. The van der Waals surface area contributed by atoms with Gasteiger partial charge < -0.3 is 10.8 Å². The smallest absolute Gasteiger partial charge is 0.219 e. The van der Waals surface area contributed by atoms with Crippen LogP contribution in [-0.4, -0.2) is 25.8 Å². The molecule has 0 aliphatic carbocycles. The van der Waals surface area contributed by atoms with Crippen molar-refractivity contribution in [2.75, 3.05) is 0 Å². The number of carbonyl (C=O) groups excluding carboxylic acids is 1. The summed E-state index contributed by atoms with van der Waals surface area (Å²) in [4.78, 5) is 15.7. The number of carbonyl (C=O) groups is 1. The maximum Gasteiger partial charge on any atom is 0.219 e. The molecule has 2 aromatic heterocycles. The first-order chi connectivity index (χ1) is 13.4. The summed E-state index contributed by atoms with van der Waals surface area (Å²) in [6.45, 7) is 12.9. The van der Waals surface area contributed by atoms with E-state index in [1.54, 1.807) is 10.9 Å². The van der Waals surface area contributed by atoms with Gasteiger partial charge in [-0.15, -0.1) is 0 Å². The molecule has 0 fully saturated rings. The minimum atomic E-state index is -0.374. The minimum absolute atomic E-state index is 0.197. The van der Waals surface area contributed by atoms with E-state index in [1.807, 2.05) is 24.3 Å². The zero-order chi connectivity index (χ0) is 21.6. The standard InChI is InChI=1S/C23H30N4O2/c1-22(2,3)16-12-14(13-17(20(16)29)23(4,5)6)19-15-8-7-10-25-21(15)27(26-19)11-9-18(24)28/h7-8,10,12-13,29H,9,11H2,1-6H3,(H2,24,28). The van der Waals surface area contributed by atoms with Crippen LogP contribution in [0.2, 0.25) is 0 Å². The third-order valence-electron chi connectivity index (χ3n) is 5.08. The average molecular weight is 395 g/mol. The topological polar surface area (TPSA) is 94.0 Å². The monoisotopic (exact) mass is 394 g/mol. The van der Waals surface area contributed by atoms with E-state index in [1.165, 1.54) is 0 Å². The number of nitrogens with two attached hydrogens (primary N) is 1. The van der Waals surface area contributed by atoms with Crippen molar-refractivity contribution < 1.29 is 9.90 Å². The molecule has 3 N–H and O–H groups in total. The van der Waals surface area contributed by atoms with Gasteiger partial charge >= 0.3 is 0 Å². The Kier molecular flexibility index (Phi) is 5.15. The highest BCUT2D eigenvalue weighted by Gasteiger charge is 2.28. The second kappa shape index (κ2) is 7.17. The van der Waals surface area contributed by atoms with Crippen molar-refractivity contribution in [1.29, 1.82) is 0 Å². The van der Waals surface area contributed by atoms with Gasteiger partial charge in [-0.2, -0.15) is 5.10 Å². The van der Waals surface area contributed by atoms with Crippen molar-refractivity contribution in [2.45, 2.75) is 65.3 Å². The molecular formula is C23H30N4O2. The molecule has 0 unspecified atom stereocenters. The van der Waals surface area contributed by atoms with E-state index < -0.39 is 0 Å². The SMILES string of the molecule is CC(C)(C)c1cc(-c2nn(CCC(N)=O)c3ncccc23)cc(C(C)(C)C)c1O. The molecule has 1 aromatic carbocycles. The molecule has 0 saturated heterocycles. The van der Waals surface area contributed by atoms with Crippen molar-refractivity contribution in [1.82, 2.24) is 14.8 Å². The first-order valence-corrected chi connectivity index (χ1v) is 9.88. The maximum atomic E-state index is 11.3. The van der Waals surface area contributed by atoms with Crippen LogP contribution in [-0.2, 0) is 22.2 Å². The number of hydrogen-bond donors (Lipinski definition) is 2. The Morgan fingerprint density at radius 2 is 1.69 bits per heavy atom. The van der Waals surface area contributed by atoms with Crippen LogP contribution in [0.4, 0.5) is 0 Å². The van der Waals surface area contributed by atoms with E-state index in [4.69, 9.17) is 10.8 Å². The summed E-state index contributed by atoms with van der Waals surface area (Å²) in [6, 6.07) is 7.88. The summed E-state index contributed by atoms with van der Waals surface area (Å²) in [6.07, 6.45) is 1.91. The molecule has 3 aromatic rings. The Hall–Kier alpha value is -2.89. The Morgan fingerprint density at radius 1 is 1.10 bits per heavy atom. The molecule has 0 aliphatic heterocycles. The molecule has 3 rings (SSSR count). The first-order valence-electron chi connectivity index (χ1n) is 9.88. The predicted molar refractivity (Wildman–Crippen MR) is 116 cm³/mol. The number of hydrogen-bond acceptors (Lipinski definition) is 4. The van der Waals surface area contributed by atoms with Crippen molar-refractivity contribution in [2.24, 2.45) is 5.73 Å². The van der Waals surface area contributed by atoms with Gasteiger partial charge in [-0.05, 0) is 35.1 Å². The Labute approximate surface area is 171 Å². The molecule has 0 atom stereocenters. The largest absolute Gasteiger partial charge is 0.507 e. The van der Waals surface area contributed by atoms with Crippen molar-refractivity contribution in [3.63, 3.8) is 0 Å². The number of aryl methyl sites for hydroxylation is 1. The lowest BCUT2D eigenvalue weighted by Crippen LogP contribution is -2.17. The van der Waals surface area contributed by atoms with Gasteiger partial charge in [0.25, 0.3) is 0 Å². The first kappa shape index (κ1) is 20.8. The minimum Gasteiger partial charge on any atom is -0.507 e. The van der Waals surface area contributed by atoms with E-state index >= 15 is 0 Å². The number of phenols is 1. The van der Waals surface area contributed by atoms with Gasteiger partial charge in [0.15, 0.2) is 5.65 Å². The fourth-order valence-electron chi connectivity index (χ4n) is 3.51. The fraction of sp³-hybridized carbons (Fsp3) is 0.435. The van der Waals surface area contributed by atoms with E-state index in [2.05, 4.69) is 46.5 Å². The molecule has 0 saturated carbocycles. The third-order valence-corrected chi connectivity index (χ3v) is 5.08. The molecule has 0 aliphatic rings. The third kappa shape index (κ3) is 4.11.